The Labute approximate surface area is 248 Å². The molecule has 0 unspecified atom stereocenters. The molecule has 1 aromatic heterocycles. The molecule has 0 saturated carbocycles. The van der Waals surface area contributed by atoms with Gasteiger partial charge in [-0.05, 0) is 66.6 Å². The Kier molecular flexibility index (Phi) is 8.77. The number of amides is 2. The largest absolute Gasteiger partial charge is 0.367 e. The van der Waals surface area contributed by atoms with Gasteiger partial charge in [-0.1, -0.05) is 72.6 Å². The summed E-state index contributed by atoms with van der Waals surface area (Å²) in [6.45, 7) is 3.50. The molecule has 0 aliphatic heterocycles. The number of halogens is 2. The number of hydrogen-bond donors (Lipinski definition) is 2. The zero-order valence-corrected chi connectivity index (χ0v) is 23.8. The van der Waals surface area contributed by atoms with Crippen molar-refractivity contribution in [1.29, 1.82) is 0 Å². The second kappa shape index (κ2) is 12.8. The minimum Gasteiger partial charge on any atom is -0.367 e. The first kappa shape index (κ1) is 28.1. The number of anilines is 3. The number of aromatic nitrogens is 2. The van der Waals surface area contributed by atoms with Crippen molar-refractivity contribution >= 4 is 63.4 Å². The summed E-state index contributed by atoms with van der Waals surface area (Å²) in [6, 6.07) is 29.1. The fourth-order valence-electron chi connectivity index (χ4n) is 4.43. The molecule has 0 fully saturated rings. The molecule has 0 radical (unpaired) electrons. The summed E-state index contributed by atoms with van der Waals surface area (Å²) in [7, 11) is 0. The quantitative estimate of drug-likeness (QED) is 0.184. The van der Waals surface area contributed by atoms with Gasteiger partial charge in [0.05, 0.1) is 15.6 Å². The molecule has 0 aliphatic carbocycles. The van der Waals surface area contributed by atoms with Crippen LogP contribution in [0.15, 0.2) is 97.1 Å². The molecule has 41 heavy (non-hydrogen) atoms. The van der Waals surface area contributed by atoms with Crippen LogP contribution in [-0.2, 0) is 6.54 Å². The Morgan fingerprint density at radius 1 is 0.756 bits per heavy atom. The average Bonchev–Trinajstić information content (AvgIpc) is 2.99. The zero-order valence-electron chi connectivity index (χ0n) is 22.3. The van der Waals surface area contributed by atoms with Gasteiger partial charge in [0.25, 0.3) is 11.8 Å². The fourth-order valence-corrected chi connectivity index (χ4v) is 4.72. The molecule has 0 aliphatic rings. The van der Waals surface area contributed by atoms with E-state index in [1.807, 2.05) is 42.5 Å². The first-order valence-corrected chi connectivity index (χ1v) is 13.9. The van der Waals surface area contributed by atoms with E-state index in [1.165, 1.54) is 0 Å². The van der Waals surface area contributed by atoms with Crippen molar-refractivity contribution in [2.45, 2.75) is 19.9 Å². The van der Waals surface area contributed by atoms with Crippen LogP contribution in [0, 0.1) is 0 Å². The molecule has 5 aromatic rings. The van der Waals surface area contributed by atoms with E-state index in [4.69, 9.17) is 23.2 Å². The van der Waals surface area contributed by atoms with Gasteiger partial charge in [-0.15, -0.1) is 0 Å². The number of hydrogen-bond acceptors (Lipinski definition) is 5. The van der Waals surface area contributed by atoms with Crippen LogP contribution in [-0.4, -0.2) is 28.3 Å². The maximum absolute atomic E-state index is 13.1. The van der Waals surface area contributed by atoms with E-state index < -0.39 is 0 Å². The highest BCUT2D eigenvalue weighted by molar-refractivity contribution is 6.42. The van der Waals surface area contributed by atoms with Gasteiger partial charge in [0, 0.05) is 35.3 Å². The number of fused-ring (bicyclic) bond motifs is 1. The van der Waals surface area contributed by atoms with Crippen molar-refractivity contribution in [2.24, 2.45) is 0 Å². The standard InChI is InChI=1S/C32H27Cl2N5O2/c1-2-17-39(24-14-15-26(33)27(34)19-24)20-21-13-16-28-25(18-21)29(36-30(40)22-9-5-3-6-10-22)37-32(35-28)38-31(41)23-11-7-4-8-12-23/h3-16,18-19H,2,17,20H2,1H3,(H2,35,36,37,38,40,41). The van der Waals surface area contributed by atoms with E-state index in [0.717, 1.165) is 24.2 Å². The van der Waals surface area contributed by atoms with Crippen LogP contribution in [0.3, 0.4) is 0 Å². The van der Waals surface area contributed by atoms with E-state index >= 15 is 0 Å². The van der Waals surface area contributed by atoms with E-state index in [-0.39, 0.29) is 17.8 Å². The zero-order chi connectivity index (χ0) is 28.8. The number of benzene rings is 4. The van der Waals surface area contributed by atoms with Gasteiger partial charge in [0.1, 0.15) is 5.82 Å². The normalized spacial score (nSPS) is 10.8. The maximum Gasteiger partial charge on any atom is 0.258 e. The number of nitrogens with one attached hydrogen (secondary N) is 2. The molecule has 0 atom stereocenters. The smallest absolute Gasteiger partial charge is 0.258 e. The number of carbonyl (C=O) groups excluding carboxylic acids is 2. The van der Waals surface area contributed by atoms with Gasteiger partial charge in [-0.3, -0.25) is 14.9 Å². The molecule has 0 bridgehead atoms. The molecule has 9 heteroatoms. The molecule has 0 spiro atoms. The monoisotopic (exact) mass is 583 g/mol. The van der Waals surface area contributed by atoms with Gasteiger partial charge < -0.3 is 10.2 Å². The molecule has 4 aromatic carbocycles. The van der Waals surface area contributed by atoms with Crippen LogP contribution in [0.2, 0.25) is 10.0 Å². The predicted molar refractivity (Wildman–Crippen MR) is 166 cm³/mol. The van der Waals surface area contributed by atoms with E-state index in [1.54, 1.807) is 54.6 Å². The van der Waals surface area contributed by atoms with Crippen molar-refractivity contribution < 1.29 is 9.59 Å². The fraction of sp³-hybridized carbons (Fsp3) is 0.125. The minimum atomic E-state index is -0.348. The topological polar surface area (TPSA) is 87.2 Å². The molecule has 2 N–H and O–H groups in total. The Hall–Kier alpha value is -4.46. The SMILES string of the molecule is CCCN(Cc1ccc2nc(NC(=O)c3ccccc3)nc(NC(=O)c3ccccc3)c2c1)c1ccc(Cl)c(Cl)c1. The first-order chi connectivity index (χ1) is 19.9. The highest BCUT2D eigenvalue weighted by Crippen LogP contribution is 2.30. The van der Waals surface area contributed by atoms with Crippen molar-refractivity contribution in [3.63, 3.8) is 0 Å². The molecule has 1 heterocycles. The molecule has 2 amide bonds. The second-order valence-electron chi connectivity index (χ2n) is 9.41. The third-order valence-corrected chi connectivity index (χ3v) is 7.16. The molecular formula is C32H27Cl2N5O2. The van der Waals surface area contributed by atoms with Gasteiger partial charge in [0.15, 0.2) is 0 Å². The maximum atomic E-state index is 13.1. The van der Waals surface area contributed by atoms with Gasteiger partial charge >= 0.3 is 0 Å². The van der Waals surface area contributed by atoms with Crippen molar-refractivity contribution in [3.8, 4) is 0 Å². The number of nitrogens with zero attached hydrogens (tertiary/aromatic N) is 3. The third-order valence-electron chi connectivity index (χ3n) is 6.42. The predicted octanol–water partition coefficient (Wildman–Crippen LogP) is 7.86. The Morgan fingerprint density at radius 3 is 2.05 bits per heavy atom. The molecule has 0 saturated heterocycles. The van der Waals surface area contributed by atoms with Crippen LogP contribution < -0.4 is 15.5 Å². The van der Waals surface area contributed by atoms with E-state index in [9.17, 15) is 9.59 Å². The summed E-state index contributed by atoms with van der Waals surface area (Å²) in [5, 5.41) is 7.32. The highest BCUT2D eigenvalue weighted by atomic mass is 35.5. The number of carbonyl (C=O) groups is 2. The lowest BCUT2D eigenvalue weighted by molar-refractivity contribution is 0.101. The molecule has 206 valence electrons. The summed E-state index contributed by atoms with van der Waals surface area (Å²) in [6.07, 6.45) is 0.930. The van der Waals surface area contributed by atoms with Crippen LogP contribution >= 0.6 is 23.2 Å². The molecule has 7 nitrogen and oxygen atoms in total. The summed E-state index contributed by atoms with van der Waals surface area (Å²) in [4.78, 5) is 37.3. The summed E-state index contributed by atoms with van der Waals surface area (Å²) in [5.41, 5.74) is 3.47. The molecule has 5 rings (SSSR count). The van der Waals surface area contributed by atoms with Crippen LogP contribution in [0.5, 0.6) is 0 Å². The summed E-state index contributed by atoms with van der Waals surface area (Å²) >= 11 is 12.4. The summed E-state index contributed by atoms with van der Waals surface area (Å²) in [5.74, 6) is -0.282. The van der Waals surface area contributed by atoms with Crippen molar-refractivity contribution in [3.05, 3.63) is 124 Å². The van der Waals surface area contributed by atoms with Crippen molar-refractivity contribution in [1.82, 2.24) is 9.97 Å². The van der Waals surface area contributed by atoms with Gasteiger partial charge in [0.2, 0.25) is 5.95 Å². The molecular weight excluding hydrogens is 557 g/mol. The lowest BCUT2D eigenvalue weighted by Crippen LogP contribution is -2.23. The Balaban J connectivity index is 1.51. The second-order valence-corrected chi connectivity index (χ2v) is 10.2. The van der Waals surface area contributed by atoms with E-state index in [2.05, 4.69) is 32.4 Å². The average molecular weight is 585 g/mol. The summed E-state index contributed by atoms with van der Waals surface area (Å²) < 4.78 is 0. The Morgan fingerprint density at radius 2 is 1.41 bits per heavy atom. The van der Waals surface area contributed by atoms with Gasteiger partial charge in [-0.2, -0.15) is 4.98 Å². The van der Waals surface area contributed by atoms with Crippen LogP contribution in [0.4, 0.5) is 17.5 Å². The highest BCUT2D eigenvalue weighted by Gasteiger charge is 2.16. The van der Waals surface area contributed by atoms with Crippen LogP contribution in [0.1, 0.15) is 39.6 Å². The van der Waals surface area contributed by atoms with Gasteiger partial charge in [-0.25, -0.2) is 4.98 Å². The minimum absolute atomic E-state index is 0.0888. The van der Waals surface area contributed by atoms with Crippen LogP contribution in [0.25, 0.3) is 10.9 Å². The Bertz CT molecular complexity index is 1700. The van der Waals surface area contributed by atoms with Crippen molar-refractivity contribution in [2.75, 3.05) is 22.1 Å². The number of rotatable bonds is 9. The third kappa shape index (κ3) is 6.82. The first-order valence-electron chi connectivity index (χ1n) is 13.1. The van der Waals surface area contributed by atoms with E-state index in [0.29, 0.717) is 44.4 Å². The lowest BCUT2D eigenvalue weighted by atomic mass is 10.1. The lowest BCUT2D eigenvalue weighted by Gasteiger charge is -2.25.